The summed E-state index contributed by atoms with van der Waals surface area (Å²) >= 11 is 0. The van der Waals surface area contributed by atoms with Crippen molar-refractivity contribution in [1.82, 2.24) is 4.68 Å². The molecule has 0 saturated heterocycles. The van der Waals surface area contributed by atoms with Crippen molar-refractivity contribution in [2.45, 2.75) is 20.8 Å². The van der Waals surface area contributed by atoms with Gasteiger partial charge >= 0.3 is 5.97 Å². The molecule has 0 radical (unpaired) electrons. The zero-order chi connectivity index (χ0) is 15.7. The van der Waals surface area contributed by atoms with E-state index >= 15 is 0 Å². The van der Waals surface area contributed by atoms with Gasteiger partial charge in [0.15, 0.2) is 0 Å². The smallest absolute Gasteiger partial charge is 0.338 e. The fraction of sp³-hybridized carbons (Fsp3) is 0.333. The van der Waals surface area contributed by atoms with Gasteiger partial charge in [0.1, 0.15) is 5.82 Å². The zero-order valence-corrected chi connectivity index (χ0v) is 12.1. The quantitative estimate of drug-likeness (QED) is 0.907. The van der Waals surface area contributed by atoms with E-state index in [0.717, 1.165) is 10.7 Å². The highest BCUT2D eigenvalue weighted by atomic mass is 19.1. The van der Waals surface area contributed by atoms with Crippen LogP contribution in [0.5, 0.6) is 0 Å². The molecule has 21 heavy (non-hydrogen) atoms. The molecule has 1 aromatic carbocycles. The van der Waals surface area contributed by atoms with Crippen molar-refractivity contribution in [2.75, 3.05) is 12.0 Å². The molecule has 2 aromatic rings. The Morgan fingerprint density at radius 3 is 2.67 bits per heavy atom. The van der Waals surface area contributed by atoms with Crippen LogP contribution in [0.1, 0.15) is 29.9 Å². The molecule has 0 aliphatic heterocycles. The molecule has 1 heterocycles. The molecule has 5 nitrogen and oxygen atoms in total. The van der Waals surface area contributed by atoms with Crippen LogP contribution in [0, 0.1) is 18.7 Å². The topological polar surface area (TPSA) is 71.3 Å². The molecule has 1 aromatic heterocycles. The summed E-state index contributed by atoms with van der Waals surface area (Å²) in [5, 5.41) is 9.29. The molecule has 0 saturated carbocycles. The van der Waals surface area contributed by atoms with Crippen LogP contribution in [0.2, 0.25) is 0 Å². The Morgan fingerprint density at radius 2 is 2.10 bits per heavy atom. The van der Waals surface area contributed by atoms with Gasteiger partial charge in [-0.05, 0) is 18.9 Å². The second kappa shape index (κ2) is 5.55. The minimum atomic E-state index is -1.19. The number of aromatic carboxylic acids is 1. The average molecular weight is 292 g/mol. The molecule has 2 rings (SSSR count). The second-order valence-electron chi connectivity index (χ2n) is 5.32. The Balaban J connectivity index is 2.84. The highest BCUT2D eigenvalue weighted by Crippen LogP contribution is 2.21. The molecular formula is C15H17FN2O3. The number of carbonyl (C=O) groups is 1. The van der Waals surface area contributed by atoms with Crippen molar-refractivity contribution in [3.63, 3.8) is 0 Å². The van der Waals surface area contributed by atoms with E-state index < -0.39 is 17.3 Å². The maximum Gasteiger partial charge on any atom is 0.338 e. The van der Waals surface area contributed by atoms with E-state index in [0.29, 0.717) is 6.54 Å². The third kappa shape index (κ3) is 2.61. The van der Waals surface area contributed by atoms with Crippen LogP contribution in [-0.2, 0) is 0 Å². The minimum Gasteiger partial charge on any atom is -0.478 e. The number of benzene rings is 1. The number of hydrogen-bond donors (Lipinski definition) is 2. The lowest BCUT2D eigenvalue weighted by atomic mass is 10.0. The van der Waals surface area contributed by atoms with E-state index in [4.69, 9.17) is 0 Å². The van der Waals surface area contributed by atoms with E-state index in [9.17, 15) is 19.1 Å². The van der Waals surface area contributed by atoms with Gasteiger partial charge in [0.25, 0.3) is 5.56 Å². The van der Waals surface area contributed by atoms with E-state index in [2.05, 4.69) is 5.43 Å². The Kier molecular flexibility index (Phi) is 3.97. The number of hydrogen-bond acceptors (Lipinski definition) is 3. The molecule has 0 fully saturated rings. The first kappa shape index (κ1) is 15.0. The largest absolute Gasteiger partial charge is 0.478 e. The van der Waals surface area contributed by atoms with Crippen molar-refractivity contribution < 1.29 is 14.3 Å². The number of nitrogens with zero attached hydrogens (tertiary/aromatic N) is 1. The van der Waals surface area contributed by atoms with Gasteiger partial charge in [-0.25, -0.2) is 13.9 Å². The van der Waals surface area contributed by atoms with E-state index in [-0.39, 0.29) is 27.9 Å². The first-order valence-electron chi connectivity index (χ1n) is 6.65. The highest BCUT2D eigenvalue weighted by molar-refractivity contribution is 6.04. The summed E-state index contributed by atoms with van der Waals surface area (Å²) in [5.74, 6) is -1.66. The molecule has 0 unspecified atom stereocenters. The first-order valence-corrected chi connectivity index (χ1v) is 6.65. The van der Waals surface area contributed by atoms with Crippen molar-refractivity contribution in [2.24, 2.45) is 5.92 Å². The number of carboxylic acid groups (broad SMARTS) is 1. The summed E-state index contributed by atoms with van der Waals surface area (Å²) in [6.45, 7) is 5.91. The maximum absolute atomic E-state index is 14.0. The number of carboxylic acids is 1. The number of aromatic nitrogens is 1. The second-order valence-corrected chi connectivity index (χ2v) is 5.32. The number of fused-ring (bicyclic) bond motifs is 1. The Morgan fingerprint density at radius 1 is 1.43 bits per heavy atom. The van der Waals surface area contributed by atoms with Crippen LogP contribution in [0.25, 0.3) is 10.8 Å². The van der Waals surface area contributed by atoms with Gasteiger partial charge in [-0.3, -0.25) is 4.79 Å². The zero-order valence-electron chi connectivity index (χ0n) is 12.1. The SMILES string of the molecule is Cc1c(C(=O)O)c2cccc(F)c2c(=O)n1NCC(C)C. The molecule has 0 amide bonds. The van der Waals surface area contributed by atoms with E-state index in [1.807, 2.05) is 13.8 Å². The van der Waals surface area contributed by atoms with Crippen LogP contribution in [0.3, 0.4) is 0 Å². The van der Waals surface area contributed by atoms with Gasteiger partial charge in [-0.1, -0.05) is 26.0 Å². The fourth-order valence-electron chi connectivity index (χ4n) is 2.25. The monoisotopic (exact) mass is 292 g/mol. The van der Waals surface area contributed by atoms with Gasteiger partial charge < -0.3 is 10.5 Å². The Hall–Kier alpha value is -2.37. The summed E-state index contributed by atoms with van der Waals surface area (Å²) in [4.78, 5) is 23.9. The standard InChI is InChI=1S/C15H17FN2O3/c1-8(2)7-17-18-9(3)12(15(20)21)10-5-4-6-11(16)13(10)14(18)19/h4-6,8,17H,7H2,1-3H3,(H,20,21). The minimum absolute atomic E-state index is 0.0691. The maximum atomic E-state index is 14.0. The third-order valence-corrected chi connectivity index (χ3v) is 3.27. The summed E-state index contributed by atoms with van der Waals surface area (Å²) in [5.41, 5.74) is 2.48. The van der Waals surface area contributed by atoms with Crippen molar-refractivity contribution >= 4 is 16.7 Å². The molecule has 0 atom stereocenters. The van der Waals surface area contributed by atoms with Crippen molar-refractivity contribution in [3.8, 4) is 0 Å². The first-order chi connectivity index (χ1) is 9.84. The van der Waals surface area contributed by atoms with Gasteiger partial charge in [-0.15, -0.1) is 0 Å². The van der Waals surface area contributed by atoms with Crippen LogP contribution >= 0.6 is 0 Å². The Bertz CT molecular complexity index is 766. The number of rotatable bonds is 4. The Labute approximate surface area is 121 Å². The summed E-state index contributed by atoms with van der Waals surface area (Å²) in [6, 6.07) is 4.00. The number of nitrogens with one attached hydrogen (secondary N) is 1. The lowest BCUT2D eigenvalue weighted by Crippen LogP contribution is -2.35. The van der Waals surface area contributed by atoms with Gasteiger partial charge in [0.2, 0.25) is 0 Å². The van der Waals surface area contributed by atoms with Gasteiger partial charge in [0, 0.05) is 11.9 Å². The molecule has 6 heteroatoms. The predicted molar refractivity (Wildman–Crippen MR) is 78.9 cm³/mol. The molecular weight excluding hydrogens is 275 g/mol. The van der Waals surface area contributed by atoms with E-state index in [1.165, 1.54) is 19.1 Å². The summed E-state index contributed by atoms with van der Waals surface area (Å²) < 4.78 is 15.1. The highest BCUT2D eigenvalue weighted by Gasteiger charge is 2.20. The lowest BCUT2D eigenvalue weighted by molar-refractivity contribution is 0.0697. The molecule has 0 bridgehead atoms. The summed E-state index contributed by atoms with van der Waals surface area (Å²) in [6.07, 6.45) is 0. The summed E-state index contributed by atoms with van der Waals surface area (Å²) in [7, 11) is 0. The third-order valence-electron chi connectivity index (χ3n) is 3.27. The van der Waals surface area contributed by atoms with Crippen LogP contribution in [0.4, 0.5) is 4.39 Å². The van der Waals surface area contributed by atoms with Crippen molar-refractivity contribution in [3.05, 3.63) is 45.6 Å². The van der Waals surface area contributed by atoms with Crippen LogP contribution < -0.4 is 11.0 Å². The number of pyridine rings is 1. The molecule has 0 spiro atoms. The van der Waals surface area contributed by atoms with Crippen molar-refractivity contribution in [1.29, 1.82) is 0 Å². The van der Waals surface area contributed by atoms with Gasteiger partial charge in [0.05, 0.1) is 16.6 Å². The molecule has 2 N–H and O–H groups in total. The van der Waals surface area contributed by atoms with Gasteiger partial charge in [-0.2, -0.15) is 0 Å². The lowest BCUT2D eigenvalue weighted by Gasteiger charge is -2.18. The molecule has 0 aliphatic carbocycles. The number of halogens is 1. The predicted octanol–water partition coefficient (Wildman–Crippen LogP) is 2.35. The molecule has 112 valence electrons. The normalized spacial score (nSPS) is 11.1. The van der Waals surface area contributed by atoms with Crippen LogP contribution in [0.15, 0.2) is 23.0 Å². The fourth-order valence-corrected chi connectivity index (χ4v) is 2.25. The van der Waals surface area contributed by atoms with Crippen LogP contribution in [-0.4, -0.2) is 22.3 Å². The molecule has 0 aliphatic rings. The van der Waals surface area contributed by atoms with E-state index in [1.54, 1.807) is 0 Å². The average Bonchev–Trinajstić information content (AvgIpc) is 2.37.